The molecule has 129 heavy (non-hydrogen) atoms. The number of carbonyl (C=O) groups excluding carboxylic acids is 6. The Labute approximate surface area is 741 Å². The van der Waals surface area contributed by atoms with E-state index in [-0.39, 0.29) is 31.6 Å². The van der Waals surface area contributed by atoms with E-state index < -0.39 is 352 Å². The van der Waals surface area contributed by atoms with Crippen LogP contribution in [-0.2, 0) is 128 Å². The minimum atomic E-state index is -2.33. The van der Waals surface area contributed by atoms with E-state index in [2.05, 4.69) is 19.9 Å². The van der Waals surface area contributed by atoms with Gasteiger partial charge < -0.3 is 191 Å². The minimum absolute atomic E-state index is 0.0151. The number of allylic oxidation sites excluding steroid dienone is 2. The number of hydrogen-bond donors (Lipinski definition) is 18. The molecule has 0 bridgehead atoms. The maximum atomic E-state index is 16.5. The third kappa shape index (κ3) is 19.0. The number of carboxylic acids is 1. The lowest BCUT2D eigenvalue weighted by molar-refractivity contribution is -0.400. The summed E-state index contributed by atoms with van der Waals surface area (Å²) in [5.74, 6) is -8.16. The average molecular weight is 1860 g/mol. The van der Waals surface area contributed by atoms with Gasteiger partial charge in [0.25, 0.3) is 0 Å². The van der Waals surface area contributed by atoms with Gasteiger partial charge in [0.05, 0.1) is 55.8 Å². The van der Waals surface area contributed by atoms with E-state index in [9.17, 15) is 121 Å². The first-order chi connectivity index (χ1) is 60.4. The van der Waals surface area contributed by atoms with Crippen LogP contribution in [0.3, 0.4) is 0 Å². The Kier molecular flexibility index (Phi) is 30.8. The Bertz CT molecular complexity index is 3970. The summed E-state index contributed by atoms with van der Waals surface area (Å²) in [6, 6.07) is 0. The van der Waals surface area contributed by atoms with Crippen molar-refractivity contribution in [2.45, 2.75) is 393 Å². The summed E-state index contributed by atoms with van der Waals surface area (Å²) >= 11 is 0. The number of aliphatic hydroxyl groups excluding tert-OH is 17. The van der Waals surface area contributed by atoms with Crippen molar-refractivity contribution in [3.8, 4) is 0 Å². The number of carbonyl (C=O) groups is 7. The smallest absolute Gasteiger partial charge is 0.335 e. The van der Waals surface area contributed by atoms with Crippen molar-refractivity contribution in [2.24, 2.45) is 50.2 Å². The normalized spacial score (nSPS) is 51.0. The van der Waals surface area contributed by atoms with Crippen molar-refractivity contribution in [1.29, 1.82) is 0 Å². The van der Waals surface area contributed by atoms with Gasteiger partial charge in [-0.3, -0.25) is 24.0 Å². The molecule has 0 aromatic carbocycles. The zero-order valence-corrected chi connectivity index (χ0v) is 73.7. The molecule has 4 saturated carbocycles. The third-order valence-electron chi connectivity index (χ3n) is 30.0. The number of hydrogen-bond acceptors (Lipinski definition) is 44. The maximum Gasteiger partial charge on any atom is 0.335 e. The quantitative estimate of drug-likeness (QED) is 0.0141. The molecule has 13 rings (SSSR count). The van der Waals surface area contributed by atoms with Crippen LogP contribution >= 0.6 is 0 Å². The van der Waals surface area contributed by atoms with Crippen LogP contribution in [0.5, 0.6) is 0 Å². The molecule has 8 heterocycles. The summed E-state index contributed by atoms with van der Waals surface area (Å²) in [7, 11) is 0. The molecular formula is C84H128O45. The highest BCUT2D eigenvalue weighted by Gasteiger charge is 2.74. The van der Waals surface area contributed by atoms with Crippen molar-refractivity contribution < 1.29 is 220 Å². The van der Waals surface area contributed by atoms with Crippen molar-refractivity contribution in [3.63, 3.8) is 0 Å². The van der Waals surface area contributed by atoms with Gasteiger partial charge in [0, 0.05) is 27.7 Å². The molecule has 5 aliphatic carbocycles. The first-order valence-electron chi connectivity index (χ1n) is 43.9. The van der Waals surface area contributed by atoms with Crippen molar-refractivity contribution in [2.75, 3.05) is 26.4 Å². The standard InChI is InChI=1S/C84H128O45/c1-29-59(122-74-57(105)64(118-35(7)90)60(30(2)113-74)116-33(5)88)55(103)67(127-75-58(106)65(61(31(3)114-75)123-70-51(99)46(94)38(91)25-111-70)125-73-54(102)50(98)62(117-34(6)89)41(120-73)27-110-32(4)87)76(115-29)129-78(109)84-21-20-79(8,9)22-37(84)36-14-15-43-80(10)18-17-45(81(11,28-86)42(80)16-19-82(43,12)83(36,13)23-44(84)93)121-77-68(128-72-53(101)49(97)48(96)40(24-85)119-72)63(56(104)66(126-77)69(107)108)124-71-52(100)47(95)39(92)26-112-71/h14,28-31,37-68,70-77,85,91-106H,15-27H2,1-13H3,(H,107,108). The second-order valence-electron chi connectivity index (χ2n) is 38.7. The second kappa shape index (κ2) is 39.2. The summed E-state index contributed by atoms with van der Waals surface area (Å²) in [5.41, 5.74) is -5.69. The lowest BCUT2D eigenvalue weighted by atomic mass is 9.33. The van der Waals surface area contributed by atoms with Gasteiger partial charge in [-0.15, -0.1) is 0 Å². The molecule has 0 aromatic heterocycles. The SMILES string of the molecule is CC(=O)OCC1OC(OC2C(O)C(OC3C(OC(=O)C45CCC(C)(C)CC4C4=CCC6C7(C)CCC(OC8OC(C(=O)O)C(O)C(OC9OCC(O)C(O)C9O)C8OC8OC(CO)C(O)C(O)C8O)C(C)(C=O)C7CCC6(C)C4(C)CC5O)OC(C)C(OC4OC(C)C(OC(C)=O)C(OC(C)=O)C4O)C3O)OC(C)C2OC2OCC(O)C(O)C2O)C(O)C(O)C1OC(C)=O. The fourth-order valence-electron chi connectivity index (χ4n) is 22.9. The Morgan fingerprint density at radius 2 is 0.930 bits per heavy atom. The number of fused-ring (bicyclic) bond motifs is 7. The highest BCUT2D eigenvalue weighted by molar-refractivity contribution is 5.80. The van der Waals surface area contributed by atoms with Crippen LogP contribution in [-0.4, -0.2) is 406 Å². The van der Waals surface area contributed by atoms with Crippen LogP contribution in [0.2, 0.25) is 0 Å². The molecule has 12 fully saturated rings. The lowest BCUT2D eigenvalue weighted by Gasteiger charge is -2.71. The number of ether oxygens (including phenoxy) is 20. The molecule has 13 aliphatic rings. The fraction of sp³-hybridized carbons (Fsp3) is 0.893. The number of esters is 5. The van der Waals surface area contributed by atoms with Crippen LogP contribution in [0.25, 0.3) is 0 Å². The number of carboxylic acid groups (broad SMARTS) is 1. The van der Waals surface area contributed by atoms with Crippen molar-refractivity contribution in [3.05, 3.63) is 11.6 Å². The van der Waals surface area contributed by atoms with Crippen LogP contribution < -0.4 is 0 Å². The number of rotatable bonds is 24. The molecule has 8 aliphatic heterocycles. The molecule has 45 heteroatoms. The molecule has 48 unspecified atom stereocenters. The van der Waals surface area contributed by atoms with Gasteiger partial charge in [-0.1, -0.05) is 53.2 Å². The van der Waals surface area contributed by atoms with Gasteiger partial charge in [-0.2, -0.15) is 0 Å². The van der Waals surface area contributed by atoms with Crippen LogP contribution in [0, 0.1) is 50.2 Å². The van der Waals surface area contributed by atoms with Gasteiger partial charge in [0.15, 0.2) is 74.6 Å². The van der Waals surface area contributed by atoms with Gasteiger partial charge in [0.1, 0.15) is 153 Å². The van der Waals surface area contributed by atoms with E-state index in [4.69, 9.17) is 94.7 Å². The molecule has 0 amide bonds. The molecule has 45 nitrogen and oxygen atoms in total. The average Bonchev–Trinajstić information content (AvgIpc) is 0.668. The summed E-state index contributed by atoms with van der Waals surface area (Å²) < 4.78 is 121. The third-order valence-corrected chi connectivity index (χ3v) is 30.0. The zero-order chi connectivity index (χ0) is 94.6. The Hall–Kier alpha value is -5.05. The molecular weight excluding hydrogens is 1730 g/mol. The molecule has 0 radical (unpaired) electrons. The summed E-state index contributed by atoms with van der Waals surface area (Å²) in [5, 5.41) is 206. The number of aldehydes is 1. The second-order valence-corrected chi connectivity index (χ2v) is 38.7. The topological polar surface area (TPSA) is 668 Å². The van der Waals surface area contributed by atoms with E-state index in [1.165, 1.54) is 20.8 Å². The Morgan fingerprint density at radius 1 is 0.434 bits per heavy atom. The van der Waals surface area contributed by atoms with Crippen molar-refractivity contribution >= 4 is 42.1 Å². The maximum absolute atomic E-state index is 16.5. The Morgan fingerprint density at radius 3 is 1.51 bits per heavy atom. The van der Waals surface area contributed by atoms with Gasteiger partial charge in [-0.25, -0.2) is 4.79 Å². The first-order valence-corrected chi connectivity index (χ1v) is 43.9. The van der Waals surface area contributed by atoms with Crippen LogP contribution in [0.1, 0.15) is 148 Å². The molecule has 8 saturated heterocycles. The first kappa shape index (κ1) is 101. The van der Waals surface area contributed by atoms with E-state index in [0.29, 0.717) is 32.1 Å². The van der Waals surface area contributed by atoms with Crippen molar-refractivity contribution in [1.82, 2.24) is 0 Å². The van der Waals surface area contributed by atoms with E-state index in [1.54, 1.807) is 6.92 Å². The molecule has 734 valence electrons. The van der Waals surface area contributed by atoms with Gasteiger partial charge in [-0.05, 0) is 118 Å². The molecule has 0 spiro atoms. The van der Waals surface area contributed by atoms with Crippen LogP contribution in [0.15, 0.2) is 11.6 Å². The summed E-state index contributed by atoms with van der Waals surface area (Å²) in [6.07, 6.45) is -70.6. The van der Waals surface area contributed by atoms with Gasteiger partial charge >= 0.3 is 35.8 Å². The predicted octanol–water partition coefficient (Wildman–Crippen LogP) is -5.85. The van der Waals surface area contributed by atoms with E-state index >= 15 is 4.79 Å². The zero-order valence-electron chi connectivity index (χ0n) is 73.7. The monoisotopic (exact) mass is 1860 g/mol. The summed E-state index contributed by atoms with van der Waals surface area (Å²) in [4.78, 5) is 93.8. The predicted molar refractivity (Wildman–Crippen MR) is 418 cm³/mol. The Balaban J connectivity index is 0.819. The van der Waals surface area contributed by atoms with Gasteiger partial charge in [0.2, 0.25) is 6.29 Å². The lowest BCUT2D eigenvalue weighted by Crippen LogP contribution is -2.69. The number of aliphatic carboxylic acids is 1. The highest BCUT2D eigenvalue weighted by atomic mass is 16.8. The highest BCUT2D eigenvalue weighted by Crippen LogP contribution is 2.76. The van der Waals surface area contributed by atoms with E-state index in [1.807, 2.05) is 20.8 Å². The molecule has 18 N–H and O–H groups in total. The fourth-order valence-corrected chi connectivity index (χ4v) is 22.9. The summed E-state index contributed by atoms with van der Waals surface area (Å²) in [6.45, 7) is 17.3. The largest absolute Gasteiger partial charge is 0.479 e. The van der Waals surface area contributed by atoms with Crippen LogP contribution in [0.4, 0.5) is 0 Å². The van der Waals surface area contributed by atoms with E-state index in [0.717, 1.165) is 39.6 Å². The minimum Gasteiger partial charge on any atom is -0.479 e. The molecule has 0 aromatic rings. The number of aliphatic hydroxyl groups is 17. The molecule has 48 atom stereocenters.